The van der Waals surface area contributed by atoms with E-state index in [1.165, 1.54) is 32.8 Å². The van der Waals surface area contributed by atoms with Gasteiger partial charge in [-0.3, -0.25) is 9.59 Å². The lowest BCUT2D eigenvalue weighted by molar-refractivity contribution is -0.170. The smallest absolute Gasteiger partial charge is 0.325 e. The fraction of sp³-hybridized carbons (Fsp3) is 0.895. The summed E-state index contributed by atoms with van der Waals surface area (Å²) in [7, 11) is 1.36. The summed E-state index contributed by atoms with van der Waals surface area (Å²) in [6.07, 6.45) is 8.16. The summed E-state index contributed by atoms with van der Waals surface area (Å²) in [4.78, 5) is 24.4. The summed E-state index contributed by atoms with van der Waals surface area (Å²) in [5, 5.41) is 2.88. The molecule has 4 nitrogen and oxygen atoms in total. The predicted molar refractivity (Wildman–Crippen MR) is 86.5 cm³/mol. The molecule has 4 heteroatoms. The highest BCUT2D eigenvalue weighted by atomic mass is 16.5. The molecule has 5 atom stereocenters. The summed E-state index contributed by atoms with van der Waals surface area (Å²) in [6.45, 7) is 7.16. The van der Waals surface area contributed by atoms with Crippen LogP contribution in [0.4, 0.5) is 0 Å². The molecule has 0 aliphatic heterocycles. The number of carbonyl (C=O) groups excluding carboxylic acids is 2. The first-order valence-corrected chi connectivity index (χ1v) is 9.03. The zero-order valence-electron chi connectivity index (χ0n) is 14.9. The fourth-order valence-electron chi connectivity index (χ4n) is 8.25. The van der Waals surface area contributed by atoms with Crippen LogP contribution < -0.4 is 5.32 Å². The molecule has 4 aliphatic rings. The van der Waals surface area contributed by atoms with E-state index in [9.17, 15) is 9.59 Å². The maximum Gasteiger partial charge on any atom is 0.325 e. The van der Waals surface area contributed by atoms with Crippen molar-refractivity contribution >= 4 is 11.9 Å². The van der Waals surface area contributed by atoms with Gasteiger partial charge >= 0.3 is 5.97 Å². The van der Waals surface area contributed by atoms with Gasteiger partial charge in [-0.25, -0.2) is 0 Å². The molecule has 4 fully saturated rings. The normalized spacial score (nSPS) is 52.0. The van der Waals surface area contributed by atoms with Crippen molar-refractivity contribution in [2.24, 2.45) is 27.1 Å². The highest BCUT2D eigenvalue weighted by Crippen LogP contribution is 2.91. The number of ether oxygens (including phenoxy) is 1. The standard InChI is InChI=1S/C19H29NO3/c1-5-18-8-15(2)7-17(14(22)20-6-13(21)23-4)10-16(3,11-18)19(18,9-15)12-17/h5-12H2,1-4H3,(H,20,22). The molecule has 4 saturated carbocycles. The summed E-state index contributed by atoms with van der Waals surface area (Å²) in [6, 6.07) is 0. The van der Waals surface area contributed by atoms with Gasteiger partial charge in [0.15, 0.2) is 0 Å². The van der Waals surface area contributed by atoms with E-state index < -0.39 is 0 Å². The number of rotatable bonds is 4. The maximum absolute atomic E-state index is 13.0. The molecule has 0 heterocycles. The molecule has 128 valence electrons. The van der Waals surface area contributed by atoms with E-state index in [0.29, 0.717) is 21.7 Å². The van der Waals surface area contributed by atoms with Gasteiger partial charge in [0.2, 0.25) is 5.91 Å². The van der Waals surface area contributed by atoms with E-state index in [0.717, 1.165) is 19.3 Å². The van der Waals surface area contributed by atoms with Crippen LogP contribution in [0.25, 0.3) is 0 Å². The number of carbonyl (C=O) groups is 2. The van der Waals surface area contributed by atoms with Crippen LogP contribution in [0, 0.1) is 27.1 Å². The van der Waals surface area contributed by atoms with Crippen molar-refractivity contribution in [3.05, 3.63) is 0 Å². The van der Waals surface area contributed by atoms with Gasteiger partial charge in [0.1, 0.15) is 6.54 Å². The van der Waals surface area contributed by atoms with Crippen LogP contribution in [0.3, 0.4) is 0 Å². The van der Waals surface area contributed by atoms with Crippen molar-refractivity contribution in [1.29, 1.82) is 0 Å². The second-order valence-electron chi connectivity index (χ2n) is 9.69. The Morgan fingerprint density at radius 2 is 1.78 bits per heavy atom. The fourth-order valence-corrected chi connectivity index (χ4v) is 8.25. The number of methoxy groups -OCH3 is 1. The highest BCUT2D eigenvalue weighted by molar-refractivity contribution is 5.87. The minimum Gasteiger partial charge on any atom is -0.468 e. The van der Waals surface area contributed by atoms with Crippen molar-refractivity contribution in [3.63, 3.8) is 0 Å². The lowest BCUT2D eigenvalue weighted by atomic mass is 9.38. The molecule has 1 spiro atoms. The zero-order valence-corrected chi connectivity index (χ0v) is 14.9. The number of hydrogen-bond acceptors (Lipinski definition) is 3. The SMILES string of the molecule is CCC12CC3(C)CC4(C(=O)NCC(=O)OC)CC(C)(C1)C2(C3)C4. The van der Waals surface area contributed by atoms with Gasteiger partial charge in [0, 0.05) is 0 Å². The molecule has 0 aromatic rings. The lowest BCUT2D eigenvalue weighted by Gasteiger charge is -2.65. The maximum atomic E-state index is 13.0. The first-order chi connectivity index (χ1) is 10.7. The summed E-state index contributed by atoms with van der Waals surface area (Å²) < 4.78 is 4.67. The highest BCUT2D eigenvalue weighted by Gasteiger charge is 2.84. The summed E-state index contributed by atoms with van der Waals surface area (Å²) in [5.41, 5.74) is 1.19. The molecular formula is C19H29NO3. The number of fused-ring (bicyclic) bond motifs is 2. The average molecular weight is 319 g/mol. The first-order valence-electron chi connectivity index (χ1n) is 9.03. The summed E-state index contributed by atoms with van der Waals surface area (Å²) >= 11 is 0. The van der Waals surface area contributed by atoms with Crippen molar-refractivity contribution in [2.45, 2.75) is 65.7 Å². The Balaban J connectivity index is 1.66. The molecule has 0 radical (unpaired) electrons. The molecular weight excluding hydrogens is 290 g/mol. The lowest BCUT2D eigenvalue weighted by Crippen LogP contribution is -2.58. The molecule has 5 unspecified atom stereocenters. The third-order valence-corrected chi connectivity index (χ3v) is 8.31. The third-order valence-electron chi connectivity index (χ3n) is 8.31. The van der Waals surface area contributed by atoms with E-state index in [1.54, 1.807) is 0 Å². The molecule has 0 saturated heterocycles. The van der Waals surface area contributed by atoms with Crippen LogP contribution in [-0.4, -0.2) is 25.5 Å². The number of nitrogens with one attached hydrogen (secondary N) is 1. The Kier molecular flexibility index (Phi) is 2.77. The van der Waals surface area contributed by atoms with E-state index in [4.69, 9.17) is 0 Å². The average Bonchev–Trinajstić information content (AvgIpc) is 2.75. The Morgan fingerprint density at radius 3 is 2.43 bits per heavy atom. The molecule has 1 N–H and O–H groups in total. The minimum atomic E-state index is -0.368. The second-order valence-corrected chi connectivity index (χ2v) is 9.69. The third kappa shape index (κ3) is 1.58. The van der Waals surface area contributed by atoms with Crippen LogP contribution in [0.15, 0.2) is 0 Å². The number of hydrogen-bond donors (Lipinski definition) is 1. The largest absolute Gasteiger partial charge is 0.468 e. The Labute approximate surface area is 138 Å². The molecule has 4 aliphatic carbocycles. The van der Waals surface area contributed by atoms with Crippen LogP contribution in [-0.2, 0) is 14.3 Å². The van der Waals surface area contributed by atoms with Crippen molar-refractivity contribution in [1.82, 2.24) is 5.32 Å². The first kappa shape index (κ1) is 15.5. The van der Waals surface area contributed by atoms with Crippen LogP contribution in [0.5, 0.6) is 0 Å². The zero-order chi connectivity index (χ0) is 16.7. The van der Waals surface area contributed by atoms with Gasteiger partial charge in [0.25, 0.3) is 0 Å². The minimum absolute atomic E-state index is 0.00354. The molecule has 1 amide bonds. The molecule has 23 heavy (non-hydrogen) atoms. The van der Waals surface area contributed by atoms with E-state index in [2.05, 4.69) is 30.8 Å². The Morgan fingerprint density at radius 1 is 1.04 bits per heavy atom. The quantitative estimate of drug-likeness (QED) is 0.810. The number of amides is 1. The van der Waals surface area contributed by atoms with Gasteiger partial charge in [-0.2, -0.15) is 0 Å². The monoisotopic (exact) mass is 319 g/mol. The van der Waals surface area contributed by atoms with Crippen molar-refractivity contribution in [3.8, 4) is 0 Å². The van der Waals surface area contributed by atoms with Gasteiger partial charge in [0.05, 0.1) is 12.5 Å². The van der Waals surface area contributed by atoms with Crippen LogP contribution in [0.1, 0.15) is 65.7 Å². The van der Waals surface area contributed by atoms with Crippen molar-refractivity contribution < 1.29 is 14.3 Å². The van der Waals surface area contributed by atoms with Gasteiger partial charge < -0.3 is 10.1 Å². The summed E-state index contributed by atoms with van der Waals surface area (Å²) in [5.74, 6) is -0.274. The van der Waals surface area contributed by atoms with E-state index >= 15 is 0 Å². The number of esters is 1. The Bertz CT molecular complexity index is 599. The van der Waals surface area contributed by atoms with Crippen LogP contribution >= 0.6 is 0 Å². The topological polar surface area (TPSA) is 55.4 Å². The van der Waals surface area contributed by atoms with Crippen molar-refractivity contribution in [2.75, 3.05) is 13.7 Å². The molecule has 0 aromatic carbocycles. The molecule has 0 aromatic heterocycles. The second kappa shape index (κ2) is 4.12. The Hall–Kier alpha value is -1.06. The van der Waals surface area contributed by atoms with Gasteiger partial charge in [-0.1, -0.05) is 20.8 Å². The van der Waals surface area contributed by atoms with E-state index in [-0.39, 0.29) is 23.8 Å². The van der Waals surface area contributed by atoms with Gasteiger partial charge in [-0.15, -0.1) is 0 Å². The molecule has 4 rings (SSSR count). The van der Waals surface area contributed by atoms with Crippen LogP contribution in [0.2, 0.25) is 0 Å². The van der Waals surface area contributed by atoms with E-state index in [1.807, 2.05) is 0 Å². The van der Waals surface area contributed by atoms with Gasteiger partial charge in [-0.05, 0) is 66.6 Å². The molecule has 3 bridgehead atoms. The predicted octanol–water partition coefficient (Wildman–Crippen LogP) is 3.05.